The normalized spacial score (nSPS) is 37.7. The summed E-state index contributed by atoms with van der Waals surface area (Å²) in [4.78, 5) is 0. The van der Waals surface area contributed by atoms with Crippen LogP contribution in [0.25, 0.3) is 0 Å². The van der Waals surface area contributed by atoms with Crippen molar-refractivity contribution in [2.24, 2.45) is 11.3 Å². The third kappa shape index (κ3) is 0.797. The largest absolute Gasteiger partial charge is 0.126 e. The Kier molecular flexibility index (Phi) is 1.26. The maximum Gasteiger partial charge on any atom is 0.0257 e. The van der Waals surface area contributed by atoms with Crippen molar-refractivity contribution in [2.75, 3.05) is 5.88 Å². The summed E-state index contributed by atoms with van der Waals surface area (Å²) in [5.41, 5.74) is 0.780. The summed E-state index contributed by atoms with van der Waals surface area (Å²) >= 11 is 5.83. The fraction of sp³-hybridized carbons (Fsp3) is 1.00. The van der Waals surface area contributed by atoms with Crippen LogP contribution in [0.4, 0.5) is 0 Å². The van der Waals surface area contributed by atoms with E-state index in [9.17, 15) is 0 Å². The van der Waals surface area contributed by atoms with Crippen LogP contribution in [0.2, 0.25) is 0 Å². The zero-order valence-corrected chi connectivity index (χ0v) is 6.45. The Morgan fingerprint density at radius 3 is 2.56 bits per heavy atom. The predicted octanol–water partition coefficient (Wildman–Crippen LogP) is 2.81. The molecule has 1 unspecified atom stereocenters. The fourth-order valence-electron chi connectivity index (χ4n) is 2.27. The molecule has 52 valence electrons. The molecule has 1 heteroatoms. The van der Waals surface area contributed by atoms with Crippen molar-refractivity contribution in [2.45, 2.75) is 32.1 Å². The van der Waals surface area contributed by atoms with Gasteiger partial charge in [0, 0.05) is 5.88 Å². The highest BCUT2D eigenvalue weighted by Gasteiger charge is 2.50. The second-order valence-electron chi connectivity index (χ2n) is 3.61. The molecular formula is C8H13Cl. The molecule has 2 aliphatic carbocycles. The Morgan fingerprint density at radius 1 is 1.33 bits per heavy atom. The second kappa shape index (κ2) is 1.88. The van der Waals surface area contributed by atoms with Gasteiger partial charge in [-0.25, -0.2) is 0 Å². The van der Waals surface area contributed by atoms with Crippen LogP contribution in [0, 0.1) is 11.3 Å². The van der Waals surface area contributed by atoms with E-state index in [-0.39, 0.29) is 0 Å². The summed E-state index contributed by atoms with van der Waals surface area (Å²) in [6, 6.07) is 0. The van der Waals surface area contributed by atoms with Crippen molar-refractivity contribution in [3.05, 3.63) is 0 Å². The summed E-state index contributed by atoms with van der Waals surface area (Å²) in [6.07, 6.45) is 7.28. The Bertz CT molecular complexity index is 116. The molecule has 0 aromatic heterocycles. The van der Waals surface area contributed by atoms with Gasteiger partial charge in [-0.05, 0) is 37.0 Å². The molecule has 2 fully saturated rings. The first-order valence-corrected chi connectivity index (χ1v) is 4.47. The second-order valence-corrected chi connectivity index (χ2v) is 3.91. The first-order valence-electron chi connectivity index (χ1n) is 3.93. The van der Waals surface area contributed by atoms with Gasteiger partial charge in [0.2, 0.25) is 0 Å². The van der Waals surface area contributed by atoms with Gasteiger partial charge >= 0.3 is 0 Å². The maximum atomic E-state index is 5.83. The van der Waals surface area contributed by atoms with Crippen LogP contribution < -0.4 is 0 Å². The van der Waals surface area contributed by atoms with Crippen LogP contribution in [0.15, 0.2) is 0 Å². The van der Waals surface area contributed by atoms with Gasteiger partial charge in [0.15, 0.2) is 0 Å². The highest BCUT2D eigenvalue weighted by molar-refractivity contribution is 6.18. The van der Waals surface area contributed by atoms with Crippen molar-refractivity contribution in [1.82, 2.24) is 0 Å². The minimum absolute atomic E-state index is 0.780. The number of hydrogen-bond acceptors (Lipinski definition) is 0. The molecule has 2 aliphatic rings. The van der Waals surface area contributed by atoms with Gasteiger partial charge in [-0.3, -0.25) is 0 Å². The third-order valence-corrected chi connectivity index (χ3v) is 3.54. The predicted molar refractivity (Wildman–Crippen MR) is 39.7 cm³/mol. The monoisotopic (exact) mass is 144 g/mol. The SMILES string of the molecule is ClCC1CCCC12CC2. The minimum Gasteiger partial charge on any atom is -0.126 e. The number of rotatable bonds is 1. The third-order valence-electron chi connectivity index (χ3n) is 3.17. The van der Waals surface area contributed by atoms with Crippen LogP contribution >= 0.6 is 11.6 Å². The van der Waals surface area contributed by atoms with Gasteiger partial charge in [-0.1, -0.05) is 6.42 Å². The summed E-state index contributed by atoms with van der Waals surface area (Å²) in [6.45, 7) is 0. The number of alkyl halides is 1. The Labute approximate surface area is 61.6 Å². The van der Waals surface area contributed by atoms with Crippen molar-refractivity contribution < 1.29 is 0 Å². The summed E-state index contributed by atoms with van der Waals surface area (Å²) in [7, 11) is 0. The molecule has 2 rings (SSSR count). The summed E-state index contributed by atoms with van der Waals surface area (Å²) < 4.78 is 0. The van der Waals surface area contributed by atoms with Gasteiger partial charge < -0.3 is 0 Å². The molecule has 0 saturated heterocycles. The van der Waals surface area contributed by atoms with E-state index in [1.807, 2.05) is 0 Å². The smallest absolute Gasteiger partial charge is 0.0257 e. The van der Waals surface area contributed by atoms with Crippen LogP contribution in [0.1, 0.15) is 32.1 Å². The molecule has 0 radical (unpaired) electrons. The lowest BCUT2D eigenvalue weighted by Gasteiger charge is -2.13. The fourth-order valence-corrected chi connectivity index (χ4v) is 2.75. The molecule has 0 N–H and O–H groups in total. The maximum absolute atomic E-state index is 5.83. The molecular weight excluding hydrogens is 132 g/mol. The molecule has 1 atom stereocenters. The van der Waals surface area contributed by atoms with Crippen LogP contribution in [-0.2, 0) is 0 Å². The van der Waals surface area contributed by atoms with E-state index in [1.54, 1.807) is 0 Å². The van der Waals surface area contributed by atoms with Crippen molar-refractivity contribution in [3.8, 4) is 0 Å². The minimum atomic E-state index is 0.780. The standard InChI is InChI=1S/C8H13Cl/c9-6-7-2-1-3-8(7)4-5-8/h7H,1-6H2. The van der Waals surface area contributed by atoms with E-state index in [2.05, 4.69) is 0 Å². The average molecular weight is 145 g/mol. The van der Waals surface area contributed by atoms with E-state index in [4.69, 9.17) is 11.6 Å². The van der Waals surface area contributed by atoms with E-state index < -0.39 is 0 Å². The van der Waals surface area contributed by atoms with Gasteiger partial charge in [0.25, 0.3) is 0 Å². The van der Waals surface area contributed by atoms with Gasteiger partial charge in [0.1, 0.15) is 0 Å². The molecule has 0 nitrogen and oxygen atoms in total. The van der Waals surface area contributed by atoms with Crippen molar-refractivity contribution in [3.63, 3.8) is 0 Å². The highest BCUT2D eigenvalue weighted by Crippen LogP contribution is 2.61. The lowest BCUT2D eigenvalue weighted by Crippen LogP contribution is -2.09. The number of hydrogen-bond donors (Lipinski definition) is 0. The van der Waals surface area contributed by atoms with Crippen molar-refractivity contribution in [1.29, 1.82) is 0 Å². The zero-order chi connectivity index (χ0) is 6.32. The molecule has 2 saturated carbocycles. The Morgan fingerprint density at radius 2 is 2.11 bits per heavy atom. The van der Waals surface area contributed by atoms with Gasteiger partial charge in [-0.2, -0.15) is 0 Å². The lowest BCUT2D eigenvalue weighted by atomic mass is 9.95. The first-order chi connectivity index (χ1) is 4.37. The molecule has 9 heavy (non-hydrogen) atoms. The van der Waals surface area contributed by atoms with Crippen LogP contribution in [0.3, 0.4) is 0 Å². The Balaban J connectivity index is 2.05. The summed E-state index contributed by atoms with van der Waals surface area (Å²) in [5, 5.41) is 0. The van der Waals surface area contributed by atoms with E-state index >= 15 is 0 Å². The zero-order valence-electron chi connectivity index (χ0n) is 5.70. The van der Waals surface area contributed by atoms with Crippen LogP contribution in [0.5, 0.6) is 0 Å². The van der Waals surface area contributed by atoms with Gasteiger partial charge in [-0.15, -0.1) is 11.6 Å². The lowest BCUT2D eigenvalue weighted by molar-refractivity contribution is 0.401. The number of halogens is 1. The van der Waals surface area contributed by atoms with E-state index in [0.29, 0.717) is 0 Å². The van der Waals surface area contributed by atoms with E-state index in [0.717, 1.165) is 17.2 Å². The Hall–Kier alpha value is 0.290. The molecule has 0 heterocycles. The first kappa shape index (κ1) is 6.03. The highest BCUT2D eigenvalue weighted by atomic mass is 35.5. The average Bonchev–Trinajstić information content (AvgIpc) is 2.45. The molecule has 0 aromatic rings. The topological polar surface area (TPSA) is 0 Å². The molecule has 0 amide bonds. The summed E-state index contributed by atoms with van der Waals surface area (Å²) in [5.74, 6) is 1.80. The van der Waals surface area contributed by atoms with Crippen LogP contribution in [-0.4, -0.2) is 5.88 Å². The molecule has 1 spiro atoms. The molecule has 0 bridgehead atoms. The quantitative estimate of drug-likeness (QED) is 0.497. The molecule has 0 aromatic carbocycles. The molecule has 0 aliphatic heterocycles. The van der Waals surface area contributed by atoms with Crippen molar-refractivity contribution >= 4 is 11.6 Å². The van der Waals surface area contributed by atoms with E-state index in [1.165, 1.54) is 32.1 Å². The van der Waals surface area contributed by atoms with Gasteiger partial charge in [0.05, 0.1) is 0 Å².